The monoisotopic (exact) mass is 221 g/mol. The fraction of sp³-hybridized carbons (Fsp3) is 0.667. The van der Waals surface area contributed by atoms with Gasteiger partial charge in [0.1, 0.15) is 11.6 Å². The molecule has 2 rings (SSSR count). The summed E-state index contributed by atoms with van der Waals surface area (Å²) in [5.74, 6) is 3.15. The van der Waals surface area contributed by atoms with Gasteiger partial charge in [0.25, 0.3) is 0 Å². The number of nitrogens with zero attached hydrogens (tertiary/aromatic N) is 2. The van der Waals surface area contributed by atoms with Gasteiger partial charge in [-0.15, -0.1) is 0 Å². The van der Waals surface area contributed by atoms with E-state index in [2.05, 4.69) is 22.2 Å². The van der Waals surface area contributed by atoms with E-state index in [4.69, 9.17) is 4.74 Å². The Hall–Kier alpha value is -1.32. The van der Waals surface area contributed by atoms with Crippen molar-refractivity contribution in [3.05, 3.63) is 11.9 Å². The normalized spacial score (nSPS) is 14.9. The van der Waals surface area contributed by atoms with Crippen molar-refractivity contribution in [2.75, 3.05) is 19.0 Å². The largest absolute Gasteiger partial charge is 0.477 e. The van der Waals surface area contributed by atoms with E-state index in [-0.39, 0.29) is 0 Å². The summed E-state index contributed by atoms with van der Waals surface area (Å²) in [6, 6.07) is 1.86. The smallest absolute Gasteiger partial charge is 0.218 e. The Morgan fingerprint density at radius 2 is 2.25 bits per heavy atom. The Labute approximate surface area is 96.4 Å². The molecule has 0 bridgehead atoms. The van der Waals surface area contributed by atoms with Gasteiger partial charge in [-0.3, -0.25) is 0 Å². The number of hydrogen-bond donors (Lipinski definition) is 1. The summed E-state index contributed by atoms with van der Waals surface area (Å²) >= 11 is 0. The minimum Gasteiger partial charge on any atom is -0.477 e. The maximum Gasteiger partial charge on any atom is 0.218 e. The maximum atomic E-state index is 5.67. The highest BCUT2D eigenvalue weighted by Crippen LogP contribution is 2.29. The second-order valence-electron chi connectivity index (χ2n) is 4.26. The average Bonchev–Trinajstić information content (AvgIpc) is 3.10. The molecule has 16 heavy (non-hydrogen) atoms. The van der Waals surface area contributed by atoms with E-state index in [1.807, 2.05) is 13.1 Å². The Morgan fingerprint density at radius 3 is 2.88 bits per heavy atom. The van der Waals surface area contributed by atoms with E-state index in [1.165, 1.54) is 12.8 Å². The molecular weight excluding hydrogens is 202 g/mol. The van der Waals surface area contributed by atoms with Crippen LogP contribution < -0.4 is 10.1 Å². The van der Waals surface area contributed by atoms with Gasteiger partial charge in [0.05, 0.1) is 6.61 Å². The second kappa shape index (κ2) is 5.14. The van der Waals surface area contributed by atoms with Crippen LogP contribution in [0, 0.1) is 5.92 Å². The molecule has 0 aromatic carbocycles. The van der Waals surface area contributed by atoms with Crippen LogP contribution in [0.5, 0.6) is 5.88 Å². The van der Waals surface area contributed by atoms with Gasteiger partial charge >= 0.3 is 0 Å². The van der Waals surface area contributed by atoms with E-state index >= 15 is 0 Å². The third-order valence-corrected chi connectivity index (χ3v) is 2.64. The molecule has 88 valence electrons. The highest BCUT2D eigenvalue weighted by atomic mass is 16.5. The lowest BCUT2D eigenvalue weighted by molar-refractivity contribution is 0.287. The number of aromatic nitrogens is 2. The molecule has 1 aromatic heterocycles. The Bertz CT molecular complexity index is 350. The van der Waals surface area contributed by atoms with Crippen LogP contribution in [0.4, 0.5) is 5.82 Å². The van der Waals surface area contributed by atoms with Crippen molar-refractivity contribution in [1.82, 2.24) is 9.97 Å². The highest BCUT2D eigenvalue weighted by molar-refractivity contribution is 5.37. The fourth-order valence-electron chi connectivity index (χ4n) is 1.50. The number of anilines is 1. The van der Waals surface area contributed by atoms with Crippen molar-refractivity contribution in [3.8, 4) is 5.88 Å². The number of aryl methyl sites for hydroxylation is 1. The molecule has 1 aliphatic carbocycles. The van der Waals surface area contributed by atoms with Crippen molar-refractivity contribution in [1.29, 1.82) is 0 Å². The van der Waals surface area contributed by atoms with Gasteiger partial charge in [0.2, 0.25) is 5.88 Å². The summed E-state index contributed by atoms with van der Waals surface area (Å²) in [6.07, 6.45) is 4.54. The van der Waals surface area contributed by atoms with E-state index in [0.717, 1.165) is 37.0 Å². The van der Waals surface area contributed by atoms with Crippen LogP contribution in [0.2, 0.25) is 0 Å². The van der Waals surface area contributed by atoms with Gasteiger partial charge < -0.3 is 10.1 Å². The summed E-state index contributed by atoms with van der Waals surface area (Å²) in [5.41, 5.74) is 0. The summed E-state index contributed by atoms with van der Waals surface area (Å²) in [4.78, 5) is 8.78. The molecule has 1 heterocycles. The molecule has 0 spiro atoms. The van der Waals surface area contributed by atoms with Gasteiger partial charge in [0.15, 0.2) is 0 Å². The third-order valence-electron chi connectivity index (χ3n) is 2.64. The predicted molar refractivity (Wildman–Crippen MR) is 63.8 cm³/mol. The molecule has 0 amide bonds. The third kappa shape index (κ3) is 3.08. The van der Waals surface area contributed by atoms with Crippen molar-refractivity contribution in [2.24, 2.45) is 5.92 Å². The number of ether oxygens (including phenoxy) is 1. The van der Waals surface area contributed by atoms with E-state index < -0.39 is 0 Å². The minimum absolute atomic E-state index is 0.703. The van der Waals surface area contributed by atoms with Crippen LogP contribution in [0.15, 0.2) is 6.07 Å². The Balaban J connectivity index is 2.04. The van der Waals surface area contributed by atoms with Gasteiger partial charge in [-0.25, -0.2) is 4.98 Å². The summed E-state index contributed by atoms with van der Waals surface area (Å²) in [7, 11) is 1.86. The van der Waals surface area contributed by atoms with Crippen molar-refractivity contribution < 1.29 is 4.74 Å². The standard InChI is InChI=1S/C12H19N3O/c1-3-4-10-14-11(13-2)7-12(15-10)16-8-9-5-6-9/h7,9H,3-6,8H2,1-2H3,(H,13,14,15). The molecule has 4 heteroatoms. The lowest BCUT2D eigenvalue weighted by Gasteiger charge is -2.08. The summed E-state index contributed by atoms with van der Waals surface area (Å²) in [5, 5.41) is 3.04. The highest BCUT2D eigenvalue weighted by Gasteiger charge is 2.22. The van der Waals surface area contributed by atoms with Crippen LogP contribution >= 0.6 is 0 Å². The first-order valence-corrected chi connectivity index (χ1v) is 6.00. The summed E-state index contributed by atoms with van der Waals surface area (Å²) < 4.78 is 5.67. The van der Waals surface area contributed by atoms with Gasteiger partial charge in [0, 0.05) is 19.5 Å². The molecule has 0 radical (unpaired) electrons. The van der Waals surface area contributed by atoms with E-state index in [1.54, 1.807) is 0 Å². The zero-order valence-electron chi connectivity index (χ0n) is 9.99. The maximum absolute atomic E-state index is 5.67. The van der Waals surface area contributed by atoms with Crippen molar-refractivity contribution in [3.63, 3.8) is 0 Å². The Kier molecular flexibility index (Phi) is 3.59. The van der Waals surface area contributed by atoms with Crippen LogP contribution in [-0.2, 0) is 6.42 Å². The number of rotatable bonds is 6. The average molecular weight is 221 g/mol. The molecular formula is C12H19N3O. The zero-order chi connectivity index (χ0) is 11.4. The molecule has 0 unspecified atom stereocenters. The van der Waals surface area contributed by atoms with Gasteiger partial charge in [-0.05, 0) is 25.2 Å². The molecule has 0 aliphatic heterocycles. The van der Waals surface area contributed by atoms with Crippen LogP contribution in [0.3, 0.4) is 0 Å². The first-order chi connectivity index (χ1) is 7.81. The first kappa shape index (κ1) is 11.2. The van der Waals surface area contributed by atoms with Crippen LogP contribution in [0.1, 0.15) is 32.0 Å². The molecule has 1 fully saturated rings. The SMILES string of the molecule is CCCc1nc(NC)cc(OCC2CC2)n1. The van der Waals surface area contributed by atoms with Crippen molar-refractivity contribution in [2.45, 2.75) is 32.6 Å². The van der Waals surface area contributed by atoms with Gasteiger partial charge in [-0.2, -0.15) is 4.98 Å². The fourth-order valence-corrected chi connectivity index (χ4v) is 1.50. The molecule has 1 aliphatic rings. The van der Waals surface area contributed by atoms with Gasteiger partial charge in [-0.1, -0.05) is 6.92 Å². The predicted octanol–water partition coefficient (Wildman–Crippen LogP) is 2.26. The quantitative estimate of drug-likeness (QED) is 0.800. The van der Waals surface area contributed by atoms with E-state index in [9.17, 15) is 0 Å². The summed E-state index contributed by atoms with van der Waals surface area (Å²) in [6.45, 7) is 2.92. The number of nitrogens with one attached hydrogen (secondary N) is 1. The molecule has 4 nitrogen and oxygen atoms in total. The van der Waals surface area contributed by atoms with E-state index in [0.29, 0.717) is 5.88 Å². The molecule has 1 N–H and O–H groups in total. The molecule has 1 saturated carbocycles. The lowest BCUT2D eigenvalue weighted by Crippen LogP contribution is -2.05. The Morgan fingerprint density at radius 1 is 1.44 bits per heavy atom. The van der Waals surface area contributed by atoms with Crippen LogP contribution in [0.25, 0.3) is 0 Å². The number of hydrogen-bond acceptors (Lipinski definition) is 4. The second-order valence-corrected chi connectivity index (χ2v) is 4.26. The van der Waals surface area contributed by atoms with Crippen LogP contribution in [-0.4, -0.2) is 23.6 Å². The topological polar surface area (TPSA) is 47.0 Å². The molecule has 0 saturated heterocycles. The minimum atomic E-state index is 0.703. The molecule has 0 atom stereocenters. The van der Waals surface area contributed by atoms with Crippen molar-refractivity contribution >= 4 is 5.82 Å². The lowest BCUT2D eigenvalue weighted by atomic mass is 10.3. The zero-order valence-corrected chi connectivity index (χ0v) is 9.99. The molecule has 1 aromatic rings. The first-order valence-electron chi connectivity index (χ1n) is 6.00.